The van der Waals surface area contributed by atoms with Gasteiger partial charge in [0, 0.05) is 6.54 Å². The van der Waals surface area contributed by atoms with Gasteiger partial charge in [0.2, 0.25) is 0 Å². The van der Waals surface area contributed by atoms with Crippen LogP contribution in [0.5, 0.6) is 0 Å². The fraction of sp³-hybridized carbons (Fsp3) is 0.467. The summed E-state index contributed by atoms with van der Waals surface area (Å²) < 4.78 is 26.8. The van der Waals surface area contributed by atoms with E-state index in [1.54, 1.807) is 31.2 Å². The zero-order valence-electron chi connectivity index (χ0n) is 12.6. The molecule has 1 atom stereocenters. The Labute approximate surface area is 130 Å². The molecule has 7 heteroatoms. The molecule has 0 saturated carbocycles. The van der Waals surface area contributed by atoms with E-state index in [1.165, 1.54) is 4.90 Å². The first-order valence-electron chi connectivity index (χ1n) is 7.13. The second kappa shape index (κ2) is 6.58. The minimum Gasteiger partial charge on any atom is -0.274 e. The van der Waals surface area contributed by atoms with Crippen molar-refractivity contribution in [1.82, 2.24) is 4.90 Å². The molecule has 1 aliphatic heterocycles. The number of amides is 2. The zero-order chi connectivity index (χ0) is 16.3. The number of carbonyl (C=O) groups excluding carboxylic acids is 2. The molecular formula is C15H19NO5S. The Morgan fingerprint density at radius 3 is 2.14 bits per heavy atom. The van der Waals surface area contributed by atoms with E-state index in [9.17, 15) is 18.0 Å². The topological polar surface area (TPSA) is 80.8 Å². The van der Waals surface area contributed by atoms with Gasteiger partial charge in [0.05, 0.1) is 23.5 Å². The molecule has 0 N–H and O–H groups in total. The maximum atomic E-state index is 12.1. The molecule has 0 aliphatic carbocycles. The highest BCUT2D eigenvalue weighted by atomic mass is 32.2. The van der Waals surface area contributed by atoms with E-state index < -0.39 is 16.2 Å². The fourth-order valence-electron chi connectivity index (χ4n) is 2.49. The number of imide groups is 1. The Kier molecular flexibility index (Phi) is 4.97. The molecule has 0 aromatic heterocycles. The molecule has 120 valence electrons. The molecule has 2 rings (SSSR count). The van der Waals surface area contributed by atoms with E-state index >= 15 is 0 Å². The minimum atomic E-state index is -3.45. The van der Waals surface area contributed by atoms with Crippen molar-refractivity contribution in [2.24, 2.45) is 0 Å². The van der Waals surface area contributed by atoms with E-state index in [-0.39, 0.29) is 11.8 Å². The van der Waals surface area contributed by atoms with Crippen molar-refractivity contribution in [1.29, 1.82) is 0 Å². The van der Waals surface area contributed by atoms with Gasteiger partial charge in [-0.3, -0.25) is 18.7 Å². The predicted molar refractivity (Wildman–Crippen MR) is 81.1 cm³/mol. The number of fused-ring (bicyclic) bond motifs is 1. The smallest absolute Gasteiger partial charge is 0.264 e. The van der Waals surface area contributed by atoms with Crippen molar-refractivity contribution >= 4 is 21.9 Å². The average Bonchev–Trinajstić information content (AvgIpc) is 2.67. The average molecular weight is 325 g/mol. The van der Waals surface area contributed by atoms with Crippen LogP contribution < -0.4 is 0 Å². The standard InChI is InChI=1S/C15H19NO5S/c1-11(21-22(2,19)20)7-5-6-10-16-14(17)12-8-3-4-9-13(12)15(16)18/h3-4,8-9,11H,5-7,10H2,1-2H3. The van der Waals surface area contributed by atoms with Crippen molar-refractivity contribution in [2.45, 2.75) is 32.3 Å². The summed E-state index contributed by atoms with van der Waals surface area (Å²) in [5.74, 6) is -0.526. The summed E-state index contributed by atoms with van der Waals surface area (Å²) in [6, 6.07) is 6.77. The summed E-state index contributed by atoms with van der Waals surface area (Å²) in [6.45, 7) is 2.01. The molecular weight excluding hydrogens is 306 g/mol. The summed E-state index contributed by atoms with van der Waals surface area (Å²) in [7, 11) is -3.45. The Balaban J connectivity index is 1.82. The van der Waals surface area contributed by atoms with Gasteiger partial charge >= 0.3 is 0 Å². The Hall–Kier alpha value is -1.73. The van der Waals surface area contributed by atoms with Gasteiger partial charge in [0.25, 0.3) is 21.9 Å². The van der Waals surface area contributed by atoms with Gasteiger partial charge in [-0.1, -0.05) is 12.1 Å². The molecule has 0 bridgehead atoms. The van der Waals surface area contributed by atoms with Gasteiger partial charge in [0.15, 0.2) is 0 Å². The molecule has 0 saturated heterocycles. The summed E-state index contributed by atoms with van der Waals surface area (Å²) >= 11 is 0. The third-order valence-corrected chi connectivity index (χ3v) is 4.14. The minimum absolute atomic E-state index is 0.263. The van der Waals surface area contributed by atoms with Crippen LogP contribution in [-0.4, -0.2) is 44.0 Å². The van der Waals surface area contributed by atoms with Crippen molar-refractivity contribution in [3.63, 3.8) is 0 Å². The molecule has 22 heavy (non-hydrogen) atoms. The van der Waals surface area contributed by atoms with E-state index in [4.69, 9.17) is 4.18 Å². The molecule has 1 heterocycles. The maximum absolute atomic E-state index is 12.1. The van der Waals surface area contributed by atoms with Crippen LogP contribution >= 0.6 is 0 Å². The molecule has 0 fully saturated rings. The van der Waals surface area contributed by atoms with E-state index in [1.807, 2.05) is 0 Å². The largest absolute Gasteiger partial charge is 0.274 e. The summed E-state index contributed by atoms with van der Waals surface area (Å²) in [6.07, 6.45) is 2.45. The number of nitrogens with zero attached hydrogens (tertiary/aromatic N) is 1. The molecule has 2 amide bonds. The fourth-order valence-corrected chi connectivity index (χ4v) is 3.18. The number of carbonyl (C=O) groups is 2. The quantitative estimate of drug-likeness (QED) is 0.434. The number of benzene rings is 1. The van der Waals surface area contributed by atoms with Gasteiger partial charge < -0.3 is 0 Å². The van der Waals surface area contributed by atoms with Crippen LogP contribution in [0, 0.1) is 0 Å². The first kappa shape index (κ1) is 16.6. The number of unbranched alkanes of at least 4 members (excludes halogenated alkanes) is 1. The number of hydrogen-bond acceptors (Lipinski definition) is 5. The highest BCUT2D eigenvalue weighted by molar-refractivity contribution is 7.86. The van der Waals surface area contributed by atoms with Crippen molar-refractivity contribution in [3.8, 4) is 0 Å². The van der Waals surface area contributed by atoms with Crippen LogP contribution in [0.1, 0.15) is 46.9 Å². The van der Waals surface area contributed by atoms with Gasteiger partial charge in [-0.15, -0.1) is 0 Å². The van der Waals surface area contributed by atoms with Crippen LogP contribution in [0.2, 0.25) is 0 Å². The van der Waals surface area contributed by atoms with Crippen LogP contribution in [0.3, 0.4) is 0 Å². The maximum Gasteiger partial charge on any atom is 0.264 e. The third kappa shape index (κ3) is 3.92. The number of hydrogen-bond donors (Lipinski definition) is 0. The lowest BCUT2D eigenvalue weighted by Gasteiger charge is -2.15. The SMILES string of the molecule is CC(CCCCN1C(=O)c2ccccc2C1=O)OS(C)(=O)=O. The molecule has 1 aromatic rings. The molecule has 0 radical (unpaired) electrons. The van der Waals surface area contributed by atoms with E-state index in [0.29, 0.717) is 36.9 Å². The molecule has 6 nitrogen and oxygen atoms in total. The molecule has 1 unspecified atom stereocenters. The molecule has 1 aliphatic rings. The predicted octanol–water partition coefficient (Wildman–Crippen LogP) is 1.82. The molecule has 1 aromatic carbocycles. The van der Waals surface area contributed by atoms with Crippen LogP contribution in [-0.2, 0) is 14.3 Å². The van der Waals surface area contributed by atoms with Gasteiger partial charge in [0.1, 0.15) is 0 Å². The van der Waals surface area contributed by atoms with Crippen LogP contribution in [0.15, 0.2) is 24.3 Å². The highest BCUT2D eigenvalue weighted by Gasteiger charge is 2.34. The van der Waals surface area contributed by atoms with Crippen LogP contribution in [0.4, 0.5) is 0 Å². The van der Waals surface area contributed by atoms with Gasteiger partial charge in [-0.25, -0.2) is 0 Å². The van der Waals surface area contributed by atoms with Gasteiger partial charge in [-0.2, -0.15) is 8.42 Å². The lowest BCUT2D eigenvalue weighted by molar-refractivity contribution is 0.0650. The van der Waals surface area contributed by atoms with Crippen molar-refractivity contribution in [3.05, 3.63) is 35.4 Å². The number of rotatable bonds is 7. The Morgan fingerprint density at radius 1 is 1.09 bits per heavy atom. The van der Waals surface area contributed by atoms with Gasteiger partial charge in [-0.05, 0) is 38.3 Å². The van der Waals surface area contributed by atoms with Crippen LogP contribution in [0.25, 0.3) is 0 Å². The Bertz CT molecular complexity index is 648. The lowest BCUT2D eigenvalue weighted by atomic mass is 10.1. The Morgan fingerprint density at radius 2 is 1.64 bits per heavy atom. The van der Waals surface area contributed by atoms with Crippen molar-refractivity contribution < 1.29 is 22.2 Å². The summed E-state index contributed by atoms with van der Waals surface area (Å²) in [5, 5.41) is 0. The lowest BCUT2D eigenvalue weighted by Crippen LogP contribution is -2.30. The van der Waals surface area contributed by atoms with E-state index in [0.717, 1.165) is 6.26 Å². The third-order valence-electron chi connectivity index (χ3n) is 3.46. The summed E-state index contributed by atoms with van der Waals surface area (Å²) in [5.41, 5.74) is 0.891. The monoisotopic (exact) mass is 325 g/mol. The summed E-state index contributed by atoms with van der Waals surface area (Å²) in [4.78, 5) is 25.5. The van der Waals surface area contributed by atoms with E-state index in [2.05, 4.69) is 0 Å². The highest BCUT2D eigenvalue weighted by Crippen LogP contribution is 2.22. The first-order chi connectivity index (χ1) is 10.3. The molecule has 0 spiro atoms. The van der Waals surface area contributed by atoms with Crippen molar-refractivity contribution in [2.75, 3.05) is 12.8 Å². The second-order valence-corrected chi connectivity index (χ2v) is 7.01. The first-order valence-corrected chi connectivity index (χ1v) is 8.95. The second-order valence-electron chi connectivity index (χ2n) is 5.41. The normalized spacial score (nSPS) is 16.0. The zero-order valence-corrected chi connectivity index (χ0v) is 13.4.